The molecule has 4 nitrogen and oxygen atoms in total. The molecule has 0 aliphatic carbocycles. The molecular weight excluding hydrogens is 262 g/mol. The molecule has 19 heavy (non-hydrogen) atoms. The van der Waals surface area contributed by atoms with Gasteiger partial charge in [-0.25, -0.2) is 4.79 Å². The van der Waals surface area contributed by atoms with Crippen LogP contribution in [0.2, 0.25) is 0 Å². The largest absolute Gasteiger partial charge is 0.480 e. The van der Waals surface area contributed by atoms with Gasteiger partial charge in [-0.2, -0.15) is 0 Å². The lowest BCUT2D eigenvalue weighted by atomic mass is 10.1. The zero-order valence-corrected chi connectivity index (χ0v) is 11.9. The van der Waals surface area contributed by atoms with Gasteiger partial charge in [0.15, 0.2) is 0 Å². The highest BCUT2D eigenvalue weighted by molar-refractivity contribution is 8.00. The van der Waals surface area contributed by atoms with Crippen molar-refractivity contribution in [2.45, 2.75) is 31.6 Å². The van der Waals surface area contributed by atoms with Crippen molar-refractivity contribution in [2.75, 3.05) is 5.75 Å². The first kappa shape index (κ1) is 15.6. The van der Waals surface area contributed by atoms with Crippen molar-refractivity contribution in [3.05, 3.63) is 35.9 Å². The van der Waals surface area contributed by atoms with Crippen molar-refractivity contribution < 1.29 is 14.7 Å². The van der Waals surface area contributed by atoms with Gasteiger partial charge in [0.1, 0.15) is 6.04 Å². The molecule has 0 heterocycles. The molecule has 1 atom stereocenters. The molecule has 104 valence electrons. The van der Waals surface area contributed by atoms with E-state index in [0.717, 1.165) is 5.56 Å². The van der Waals surface area contributed by atoms with Gasteiger partial charge >= 0.3 is 5.97 Å². The Morgan fingerprint density at radius 3 is 2.42 bits per heavy atom. The molecule has 0 bridgehead atoms. The van der Waals surface area contributed by atoms with Gasteiger partial charge in [-0.1, -0.05) is 44.2 Å². The Hall–Kier alpha value is -1.49. The molecule has 0 unspecified atom stereocenters. The minimum Gasteiger partial charge on any atom is -0.480 e. The standard InChI is InChI=1S/C14H19NO3S/c1-10(2)19-9-13(16)15-12(14(17)18)8-11-6-4-3-5-7-11/h3-7,10,12H,8-9H2,1-2H3,(H,15,16)(H,17,18)/t12-/m0/s1. The van der Waals surface area contributed by atoms with Gasteiger partial charge < -0.3 is 10.4 Å². The average Bonchev–Trinajstić information content (AvgIpc) is 2.36. The highest BCUT2D eigenvalue weighted by atomic mass is 32.2. The number of hydrogen-bond acceptors (Lipinski definition) is 3. The second-order valence-electron chi connectivity index (χ2n) is 4.51. The molecule has 0 spiro atoms. The summed E-state index contributed by atoms with van der Waals surface area (Å²) in [6.45, 7) is 3.99. The maximum absolute atomic E-state index is 11.7. The minimum absolute atomic E-state index is 0.234. The molecule has 0 saturated heterocycles. The summed E-state index contributed by atoms with van der Waals surface area (Å²) in [7, 11) is 0. The first-order valence-corrected chi connectivity index (χ1v) is 7.21. The molecule has 0 saturated carbocycles. The van der Waals surface area contributed by atoms with Crippen LogP contribution in [-0.2, 0) is 16.0 Å². The van der Waals surface area contributed by atoms with Crippen LogP contribution in [0.1, 0.15) is 19.4 Å². The first-order valence-electron chi connectivity index (χ1n) is 6.16. The van der Waals surface area contributed by atoms with E-state index >= 15 is 0 Å². The molecule has 0 radical (unpaired) electrons. The van der Waals surface area contributed by atoms with Crippen molar-refractivity contribution in [3.63, 3.8) is 0 Å². The van der Waals surface area contributed by atoms with Crippen molar-refractivity contribution in [2.24, 2.45) is 0 Å². The van der Waals surface area contributed by atoms with Crippen LogP contribution in [0.5, 0.6) is 0 Å². The molecule has 1 amide bonds. The number of carbonyl (C=O) groups excluding carboxylic acids is 1. The van der Waals surface area contributed by atoms with Gasteiger partial charge in [0.2, 0.25) is 5.91 Å². The summed E-state index contributed by atoms with van der Waals surface area (Å²) in [6, 6.07) is 8.41. The number of hydrogen-bond donors (Lipinski definition) is 2. The lowest BCUT2D eigenvalue weighted by molar-refractivity contribution is -0.141. The topological polar surface area (TPSA) is 66.4 Å². The monoisotopic (exact) mass is 281 g/mol. The molecule has 0 aliphatic heterocycles. The number of amides is 1. The van der Waals surface area contributed by atoms with Gasteiger partial charge in [0.25, 0.3) is 0 Å². The Morgan fingerprint density at radius 1 is 1.26 bits per heavy atom. The quantitative estimate of drug-likeness (QED) is 0.801. The fraction of sp³-hybridized carbons (Fsp3) is 0.429. The van der Waals surface area contributed by atoms with Crippen LogP contribution in [-0.4, -0.2) is 34.0 Å². The Bertz CT molecular complexity index is 420. The van der Waals surface area contributed by atoms with E-state index in [1.807, 2.05) is 44.2 Å². The van der Waals surface area contributed by atoms with Crippen molar-refractivity contribution >= 4 is 23.6 Å². The fourth-order valence-electron chi connectivity index (χ4n) is 1.53. The van der Waals surface area contributed by atoms with Crippen LogP contribution in [0.3, 0.4) is 0 Å². The lowest BCUT2D eigenvalue weighted by Gasteiger charge is -2.15. The van der Waals surface area contributed by atoms with Gasteiger partial charge in [-0.15, -0.1) is 11.8 Å². The van der Waals surface area contributed by atoms with Crippen molar-refractivity contribution in [3.8, 4) is 0 Å². The van der Waals surface area contributed by atoms with Gasteiger partial charge in [0.05, 0.1) is 5.75 Å². The molecule has 1 aromatic rings. The van der Waals surface area contributed by atoms with E-state index in [1.165, 1.54) is 11.8 Å². The van der Waals surface area contributed by atoms with Crippen LogP contribution in [0.25, 0.3) is 0 Å². The SMILES string of the molecule is CC(C)SCC(=O)N[C@@H](Cc1ccccc1)C(=O)O. The minimum atomic E-state index is -1.01. The number of thioether (sulfide) groups is 1. The number of carbonyl (C=O) groups is 2. The van der Waals surface area contributed by atoms with E-state index in [9.17, 15) is 9.59 Å². The molecule has 2 N–H and O–H groups in total. The van der Waals surface area contributed by atoms with E-state index < -0.39 is 12.0 Å². The predicted octanol–water partition coefficient (Wildman–Crippen LogP) is 1.94. The number of aliphatic carboxylic acids is 1. The third-order valence-corrected chi connectivity index (χ3v) is 3.56. The Kier molecular flexibility index (Phi) is 6.42. The van der Waals surface area contributed by atoms with E-state index in [4.69, 9.17) is 5.11 Å². The number of carboxylic acid groups (broad SMARTS) is 1. The summed E-state index contributed by atoms with van der Waals surface area (Å²) in [5.41, 5.74) is 0.895. The maximum atomic E-state index is 11.7. The normalized spacial score (nSPS) is 12.2. The third-order valence-electron chi connectivity index (χ3n) is 2.46. The number of nitrogens with one attached hydrogen (secondary N) is 1. The fourth-order valence-corrected chi connectivity index (χ4v) is 2.10. The summed E-state index contributed by atoms with van der Waals surface area (Å²) < 4.78 is 0. The molecular formula is C14H19NO3S. The highest BCUT2D eigenvalue weighted by Crippen LogP contribution is 2.09. The molecule has 1 rings (SSSR count). The Morgan fingerprint density at radius 2 is 1.89 bits per heavy atom. The van der Waals surface area contributed by atoms with Crippen molar-refractivity contribution in [1.82, 2.24) is 5.32 Å². The molecule has 5 heteroatoms. The first-order chi connectivity index (χ1) is 8.99. The molecule has 1 aromatic carbocycles. The average molecular weight is 281 g/mol. The van der Waals surface area contributed by atoms with E-state index in [2.05, 4.69) is 5.32 Å². The van der Waals surface area contributed by atoms with Crippen LogP contribution in [0.15, 0.2) is 30.3 Å². The number of rotatable bonds is 7. The molecule has 0 fully saturated rings. The van der Waals surface area contributed by atoms with E-state index in [1.54, 1.807) is 0 Å². The summed E-state index contributed by atoms with van der Waals surface area (Å²) in [5.74, 6) is -0.954. The lowest BCUT2D eigenvalue weighted by Crippen LogP contribution is -2.43. The summed E-state index contributed by atoms with van der Waals surface area (Å²) >= 11 is 1.49. The Labute approximate surface area is 117 Å². The van der Waals surface area contributed by atoms with E-state index in [0.29, 0.717) is 11.7 Å². The van der Waals surface area contributed by atoms with Crippen LogP contribution >= 0.6 is 11.8 Å². The van der Waals surface area contributed by atoms with Gasteiger partial charge in [0, 0.05) is 6.42 Å². The van der Waals surface area contributed by atoms with Gasteiger partial charge in [-0.05, 0) is 10.8 Å². The number of benzene rings is 1. The predicted molar refractivity (Wildman–Crippen MR) is 77.3 cm³/mol. The maximum Gasteiger partial charge on any atom is 0.326 e. The highest BCUT2D eigenvalue weighted by Gasteiger charge is 2.20. The van der Waals surface area contributed by atoms with Crippen LogP contribution in [0, 0.1) is 0 Å². The van der Waals surface area contributed by atoms with Gasteiger partial charge in [-0.3, -0.25) is 4.79 Å². The summed E-state index contributed by atoms with van der Waals surface area (Å²) in [6.07, 6.45) is 0.300. The molecule has 0 aliphatic rings. The van der Waals surface area contributed by atoms with E-state index in [-0.39, 0.29) is 11.7 Å². The van der Waals surface area contributed by atoms with Crippen LogP contribution < -0.4 is 5.32 Å². The summed E-state index contributed by atoms with van der Waals surface area (Å²) in [4.78, 5) is 22.8. The Balaban J connectivity index is 2.54. The zero-order chi connectivity index (χ0) is 14.3. The second-order valence-corrected chi connectivity index (χ2v) is 6.07. The number of carboxylic acids is 1. The van der Waals surface area contributed by atoms with Crippen LogP contribution in [0.4, 0.5) is 0 Å². The van der Waals surface area contributed by atoms with Crippen molar-refractivity contribution in [1.29, 1.82) is 0 Å². The smallest absolute Gasteiger partial charge is 0.326 e. The summed E-state index contributed by atoms with van der Waals surface area (Å²) in [5, 5.41) is 12.1. The third kappa shape index (κ3) is 6.29. The second kappa shape index (κ2) is 7.84. The zero-order valence-electron chi connectivity index (χ0n) is 11.1. The molecule has 0 aromatic heterocycles.